The molecule has 186 valence electrons. The van der Waals surface area contributed by atoms with Gasteiger partial charge in [0.15, 0.2) is 0 Å². The Morgan fingerprint density at radius 2 is 1.32 bits per heavy atom. The van der Waals surface area contributed by atoms with Gasteiger partial charge in [-0.25, -0.2) is 4.90 Å². The van der Waals surface area contributed by atoms with E-state index in [1.165, 1.54) is 4.90 Å². The molecule has 0 spiro atoms. The monoisotopic (exact) mass is 499 g/mol. The topological polar surface area (TPSA) is 63.7 Å². The molecule has 2 atom stereocenters. The predicted octanol–water partition coefficient (Wildman–Crippen LogP) is 5.62. The Kier molecular flexibility index (Phi) is 4.92. The average molecular weight is 500 g/mol. The van der Waals surface area contributed by atoms with Crippen LogP contribution < -0.4 is 9.64 Å². The van der Waals surface area contributed by atoms with Crippen LogP contribution in [-0.2, 0) is 20.8 Å². The normalized spacial score (nSPS) is 24.6. The molecule has 0 N–H and O–H groups in total. The largest absolute Gasteiger partial charge is 0.426 e. The third kappa shape index (κ3) is 3.08. The summed E-state index contributed by atoms with van der Waals surface area (Å²) in [4.78, 5) is 42.0. The number of rotatable bonds is 4. The van der Waals surface area contributed by atoms with Crippen molar-refractivity contribution in [2.45, 2.75) is 25.2 Å². The molecular formula is C33H25NO4. The van der Waals surface area contributed by atoms with Crippen molar-refractivity contribution in [3.05, 3.63) is 131 Å². The summed E-state index contributed by atoms with van der Waals surface area (Å²) >= 11 is 0. The molecule has 2 amide bonds. The van der Waals surface area contributed by atoms with Gasteiger partial charge in [0.05, 0.1) is 23.4 Å². The lowest BCUT2D eigenvalue weighted by molar-refractivity contribution is -0.133. The van der Waals surface area contributed by atoms with Gasteiger partial charge in [0.25, 0.3) is 0 Å². The van der Waals surface area contributed by atoms with Crippen LogP contribution in [0.2, 0.25) is 0 Å². The van der Waals surface area contributed by atoms with Gasteiger partial charge >= 0.3 is 5.97 Å². The van der Waals surface area contributed by atoms with Gasteiger partial charge in [0.2, 0.25) is 11.8 Å². The number of hydrogen-bond acceptors (Lipinski definition) is 4. The van der Waals surface area contributed by atoms with E-state index in [4.69, 9.17) is 4.74 Å². The van der Waals surface area contributed by atoms with Crippen molar-refractivity contribution >= 4 is 23.5 Å². The van der Waals surface area contributed by atoms with E-state index >= 15 is 0 Å². The van der Waals surface area contributed by atoms with E-state index < -0.39 is 11.3 Å². The summed E-state index contributed by atoms with van der Waals surface area (Å²) in [6.45, 7) is 1.96. The molecule has 0 aromatic heterocycles. The lowest BCUT2D eigenvalue weighted by atomic mass is 9.48. The van der Waals surface area contributed by atoms with Gasteiger partial charge in [-0.1, -0.05) is 78.9 Å². The van der Waals surface area contributed by atoms with Crippen molar-refractivity contribution in [3.63, 3.8) is 0 Å². The quantitative estimate of drug-likeness (QED) is 0.208. The molecule has 1 aliphatic heterocycles. The molecule has 0 saturated carbocycles. The smallest absolute Gasteiger partial charge is 0.315 e. The first-order valence-electron chi connectivity index (χ1n) is 12.9. The van der Waals surface area contributed by atoms with Gasteiger partial charge in [-0.05, 0) is 59.0 Å². The van der Waals surface area contributed by atoms with Crippen LogP contribution in [0.5, 0.6) is 5.75 Å². The number of nitrogens with zero attached hydrogens (tertiary/aromatic N) is 1. The van der Waals surface area contributed by atoms with Crippen LogP contribution in [0.25, 0.3) is 0 Å². The van der Waals surface area contributed by atoms with E-state index in [1.807, 2.05) is 61.5 Å². The molecule has 38 heavy (non-hydrogen) atoms. The van der Waals surface area contributed by atoms with E-state index in [0.717, 1.165) is 27.8 Å². The fraction of sp³-hybridized carbons (Fsp3) is 0.182. The van der Waals surface area contributed by atoms with Gasteiger partial charge in [0, 0.05) is 11.8 Å². The molecule has 0 unspecified atom stereocenters. The molecule has 4 aliphatic rings. The minimum atomic E-state index is -0.884. The van der Waals surface area contributed by atoms with Crippen LogP contribution >= 0.6 is 0 Å². The standard InChI is InChI=1S/C33H25NO4/c1-33-29-25-13-7-5-11-23(25)28(24-12-6-8-14-26(24)29)30(33)31(36)34(32(33)37)21-15-17-22(18-16-21)38-27(35)19-20-9-3-2-4-10-20/h2-18,28-30H,19H2,1H3/t28?,29?,30-,33-/m1/s1. The Labute approximate surface area is 220 Å². The highest BCUT2D eigenvalue weighted by molar-refractivity contribution is 6.25. The van der Waals surface area contributed by atoms with E-state index in [0.29, 0.717) is 11.4 Å². The minimum absolute atomic E-state index is 0.162. The van der Waals surface area contributed by atoms with Crippen molar-refractivity contribution in [2.75, 3.05) is 4.90 Å². The van der Waals surface area contributed by atoms with Crippen molar-refractivity contribution in [3.8, 4) is 5.75 Å². The molecule has 5 nitrogen and oxygen atoms in total. The Bertz CT molecular complexity index is 1560. The molecule has 3 aliphatic carbocycles. The van der Waals surface area contributed by atoms with Crippen LogP contribution in [0, 0.1) is 11.3 Å². The molecule has 8 rings (SSSR count). The van der Waals surface area contributed by atoms with Gasteiger partial charge < -0.3 is 4.74 Å². The molecule has 2 bridgehead atoms. The predicted molar refractivity (Wildman–Crippen MR) is 143 cm³/mol. The molecule has 1 fully saturated rings. The second kappa shape index (κ2) is 8.25. The maximum Gasteiger partial charge on any atom is 0.315 e. The number of anilines is 1. The summed E-state index contributed by atoms with van der Waals surface area (Å²) in [5, 5.41) is 0. The summed E-state index contributed by atoms with van der Waals surface area (Å²) in [7, 11) is 0. The van der Waals surface area contributed by atoms with Gasteiger partial charge in [-0.3, -0.25) is 14.4 Å². The minimum Gasteiger partial charge on any atom is -0.426 e. The van der Waals surface area contributed by atoms with Crippen LogP contribution in [0.1, 0.15) is 46.6 Å². The highest BCUT2D eigenvalue weighted by Gasteiger charge is 2.68. The third-order valence-electron chi connectivity index (χ3n) is 8.53. The van der Waals surface area contributed by atoms with Crippen LogP contribution in [0.4, 0.5) is 5.69 Å². The third-order valence-corrected chi connectivity index (χ3v) is 8.53. The van der Waals surface area contributed by atoms with Crippen LogP contribution in [0.15, 0.2) is 103 Å². The number of benzene rings is 4. The summed E-state index contributed by atoms with van der Waals surface area (Å²) in [5.41, 5.74) is 5.04. The second-order valence-corrected chi connectivity index (χ2v) is 10.5. The number of amides is 2. The molecule has 1 saturated heterocycles. The summed E-state index contributed by atoms with van der Waals surface area (Å²) in [6, 6.07) is 32.5. The fourth-order valence-electron chi connectivity index (χ4n) is 6.95. The van der Waals surface area contributed by atoms with Crippen molar-refractivity contribution < 1.29 is 19.1 Å². The number of carbonyl (C=O) groups excluding carboxylic acids is 3. The number of esters is 1. The molecular weight excluding hydrogens is 474 g/mol. The average Bonchev–Trinajstić information content (AvgIpc) is 3.15. The SMILES string of the molecule is C[C@]12C(=O)N(c3ccc(OC(=O)Cc4ccccc4)cc3)C(=O)[C@H]1C1c3ccccc3C2c2ccccc21. The summed E-state index contributed by atoms with van der Waals surface area (Å²) < 4.78 is 5.51. The summed E-state index contributed by atoms with van der Waals surface area (Å²) in [6.07, 6.45) is 0.162. The Hall–Kier alpha value is -4.51. The lowest BCUT2D eigenvalue weighted by Crippen LogP contribution is -2.49. The highest BCUT2D eigenvalue weighted by atomic mass is 16.5. The Morgan fingerprint density at radius 3 is 1.92 bits per heavy atom. The zero-order chi connectivity index (χ0) is 26.0. The first-order valence-corrected chi connectivity index (χ1v) is 12.9. The highest BCUT2D eigenvalue weighted by Crippen LogP contribution is 2.67. The molecule has 0 radical (unpaired) electrons. The number of ether oxygens (including phenoxy) is 1. The van der Waals surface area contributed by atoms with E-state index in [-0.39, 0.29) is 36.0 Å². The van der Waals surface area contributed by atoms with Gasteiger partial charge in [0.1, 0.15) is 5.75 Å². The van der Waals surface area contributed by atoms with Crippen molar-refractivity contribution in [2.24, 2.45) is 11.3 Å². The second-order valence-electron chi connectivity index (χ2n) is 10.5. The molecule has 4 aromatic rings. The van der Waals surface area contributed by atoms with Crippen LogP contribution in [-0.4, -0.2) is 17.8 Å². The molecule has 4 aromatic carbocycles. The molecule has 1 heterocycles. The van der Waals surface area contributed by atoms with Gasteiger partial charge in [-0.15, -0.1) is 0 Å². The Morgan fingerprint density at radius 1 is 0.763 bits per heavy atom. The van der Waals surface area contributed by atoms with E-state index in [2.05, 4.69) is 24.3 Å². The van der Waals surface area contributed by atoms with Gasteiger partial charge in [-0.2, -0.15) is 0 Å². The van der Waals surface area contributed by atoms with Crippen LogP contribution in [0.3, 0.4) is 0 Å². The maximum atomic E-state index is 14.2. The zero-order valence-corrected chi connectivity index (χ0v) is 20.8. The first-order chi connectivity index (χ1) is 18.5. The number of hydrogen-bond donors (Lipinski definition) is 0. The van der Waals surface area contributed by atoms with E-state index in [9.17, 15) is 14.4 Å². The summed E-state index contributed by atoms with van der Waals surface area (Å²) in [5.74, 6) is -1.19. The molecule has 5 heteroatoms. The number of carbonyl (C=O) groups is 3. The van der Waals surface area contributed by atoms with Crippen molar-refractivity contribution in [1.82, 2.24) is 0 Å². The number of imide groups is 1. The fourth-order valence-corrected chi connectivity index (χ4v) is 6.95. The maximum absolute atomic E-state index is 14.2. The lowest BCUT2D eigenvalue weighted by Gasteiger charge is -2.51. The van der Waals surface area contributed by atoms with E-state index in [1.54, 1.807) is 24.3 Å². The zero-order valence-electron chi connectivity index (χ0n) is 20.8. The van der Waals surface area contributed by atoms with Crippen molar-refractivity contribution in [1.29, 1.82) is 0 Å². The first kappa shape index (κ1) is 22.7. The Balaban J connectivity index is 1.21.